The molecule has 0 saturated heterocycles. The number of fused-ring (bicyclic) bond motifs is 3. The maximum absolute atomic E-state index is 12.1. The quantitative estimate of drug-likeness (QED) is 0.871. The van der Waals surface area contributed by atoms with Crippen LogP contribution in [-0.4, -0.2) is 10.9 Å². The topological polar surface area (TPSA) is 42.0 Å². The minimum Gasteiger partial charge on any atom is -0.317 e. The molecule has 0 spiro atoms. The van der Waals surface area contributed by atoms with Crippen LogP contribution in [0, 0.1) is 5.92 Å². The Labute approximate surface area is 128 Å². The van der Waals surface area contributed by atoms with Crippen molar-refractivity contribution in [3.05, 3.63) is 46.1 Å². The van der Waals surface area contributed by atoms with Crippen LogP contribution in [0.1, 0.15) is 47.3 Å². The molecule has 1 aliphatic carbocycles. The molecule has 1 aliphatic heterocycles. The summed E-state index contributed by atoms with van der Waals surface area (Å²) < 4.78 is 0. The molecule has 3 heterocycles. The van der Waals surface area contributed by atoms with Gasteiger partial charge in [0, 0.05) is 29.6 Å². The van der Waals surface area contributed by atoms with Gasteiger partial charge in [-0.1, -0.05) is 13.0 Å². The summed E-state index contributed by atoms with van der Waals surface area (Å²) in [7, 11) is 0. The van der Waals surface area contributed by atoms with E-state index in [0.29, 0.717) is 6.42 Å². The number of carbonyl (C=O) groups is 1. The Hall–Kier alpha value is -1.68. The number of aromatic nitrogens is 1. The van der Waals surface area contributed by atoms with Gasteiger partial charge in [-0.3, -0.25) is 9.78 Å². The van der Waals surface area contributed by atoms with E-state index in [1.54, 1.807) is 17.5 Å². The molecule has 1 N–H and O–H groups in total. The highest BCUT2D eigenvalue weighted by atomic mass is 32.1. The molecule has 0 radical (unpaired) electrons. The van der Waals surface area contributed by atoms with Gasteiger partial charge < -0.3 is 5.32 Å². The fourth-order valence-electron chi connectivity index (χ4n) is 3.57. The molecule has 108 valence electrons. The summed E-state index contributed by atoms with van der Waals surface area (Å²) in [6.45, 7) is 2.32. The lowest BCUT2D eigenvalue weighted by molar-refractivity contribution is -0.116. The number of nitrogens with zero attached hydrogens (tertiary/aromatic N) is 1. The standard InChI is InChI=1S/C17H18N2OS/c1-10-4-5-12-14(7-10)21-17-16(12)13(8-15(20)19-17)11-3-2-6-18-9-11/h2-3,6,9-10,13H,4-5,7-8H2,1H3,(H,19,20)/t10-,13+/m0/s1. The second kappa shape index (κ2) is 4.95. The van der Waals surface area contributed by atoms with Crippen LogP contribution >= 0.6 is 11.3 Å². The van der Waals surface area contributed by atoms with Crippen molar-refractivity contribution in [2.24, 2.45) is 5.92 Å². The number of pyridine rings is 1. The number of hydrogen-bond acceptors (Lipinski definition) is 3. The highest BCUT2D eigenvalue weighted by molar-refractivity contribution is 7.16. The first kappa shape index (κ1) is 13.0. The number of amides is 1. The van der Waals surface area contributed by atoms with E-state index in [4.69, 9.17) is 0 Å². The third-order valence-electron chi connectivity index (χ3n) is 4.63. The smallest absolute Gasteiger partial charge is 0.225 e. The molecule has 0 fully saturated rings. The van der Waals surface area contributed by atoms with E-state index in [1.165, 1.54) is 22.4 Å². The van der Waals surface area contributed by atoms with Gasteiger partial charge in [-0.25, -0.2) is 0 Å². The Morgan fingerprint density at radius 1 is 1.38 bits per heavy atom. The molecule has 0 aromatic carbocycles. The minimum atomic E-state index is 0.128. The molecule has 1 amide bonds. The third kappa shape index (κ3) is 2.18. The predicted octanol–water partition coefficient (Wildman–Crippen LogP) is 3.74. The van der Waals surface area contributed by atoms with Crippen LogP contribution in [0.25, 0.3) is 0 Å². The van der Waals surface area contributed by atoms with Crippen LogP contribution in [-0.2, 0) is 17.6 Å². The lowest BCUT2D eigenvalue weighted by atomic mass is 9.80. The molecule has 0 bridgehead atoms. The largest absolute Gasteiger partial charge is 0.317 e. The van der Waals surface area contributed by atoms with Gasteiger partial charge in [0.25, 0.3) is 0 Å². The van der Waals surface area contributed by atoms with Crippen molar-refractivity contribution in [2.75, 3.05) is 5.32 Å². The summed E-state index contributed by atoms with van der Waals surface area (Å²) in [4.78, 5) is 17.8. The van der Waals surface area contributed by atoms with Crippen LogP contribution in [0.5, 0.6) is 0 Å². The van der Waals surface area contributed by atoms with Gasteiger partial charge >= 0.3 is 0 Å². The number of thiophene rings is 1. The maximum atomic E-state index is 12.1. The number of carbonyl (C=O) groups excluding carboxylic acids is 1. The Bertz CT molecular complexity index is 692. The fraction of sp³-hybridized carbons (Fsp3) is 0.412. The SMILES string of the molecule is C[C@H]1CCc2c(sc3c2[C@@H](c2cccnc2)CC(=O)N3)C1. The molecule has 21 heavy (non-hydrogen) atoms. The molecule has 2 atom stereocenters. The molecule has 3 nitrogen and oxygen atoms in total. The van der Waals surface area contributed by atoms with Gasteiger partial charge in [-0.15, -0.1) is 11.3 Å². The first-order valence-corrected chi connectivity index (χ1v) is 8.38. The van der Waals surface area contributed by atoms with Gasteiger partial charge in [0.1, 0.15) is 0 Å². The van der Waals surface area contributed by atoms with Gasteiger partial charge in [0.2, 0.25) is 5.91 Å². The molecule has 4 rings (SSSR count). The van der Waals surface area contributed by atoms with Crippen molar-refractivity contribution >= 4 is 22.2 Å². The highest BCUT2D eigenvalue weighted by Gasteiger charge is 2.34. The van der Waals surface area contributed by atoms with E-state index in [1.807, 2.05) is 12.3 Å². The van der Waals surface area contributed by atoms with Crippen molar-refractivity contribution < 1.29 is 4.79 Å². The molecule has 4 heteroatoms. The summed E-state index contributed by atoms with van der Waals surface area (Å²) >= 11 is 1.79. The van der Waals surface area contributed by atoms with E-state index in [0.717, 1.165) is 29.3 Å². The average molecular weight is 298 g/mol. The maximum Gasteiger partial charge on any atom is 0.225 e. The number of hydrogen-bond donors (Lipinski definition) is 1. The second-order valence-electron chi connectivity index (χ2n) is 6.19. The number of nitrogens with one attached hydrogen (secondary N) is 1. The zero-order chi connectivity index (χ0) is 14.4. The number of rotatable bonds is 1. The van der Waals surface area contributed by atoms with Crippen LogP contribution in [0.2, 0.25) is 0 Å². The molecule has 2 aromatic rings. The van der Waals surface area contributed by atoms with E-state index >= 15 is 0 Å². The van der Waals surface area contributed by atoms with E-state index in [9.17, 15) is 4.79 Å². The number of anilines is 1. The first-order chi connectivity index (χ1) is 10.2. The van der Waals surface area contributed by atoms with Gasteiger partial charge in [0.05, 0.1) is 5.00 Å². The molecule has 0 unspecified atom stereocenters. The van der Waals surface area contributed by atoms with Crippen molar-refractivity contribution in [3.63, 3.8) is 0 Å². The highest BCUT2D eigenvalue weighted by Crippen LogP contribution is 2.48. The Morgan fingerprint density at radius 3 is 3.10 bits per heavy atom. The summed E-state index contributed by atoms with van der Waals surface area (Å²) in [6, 6.07) is 4.05. The molecule has 2 aliphatic rings. The van der Waals surface area contributed by atoms with Gasteiger partial charge in [-0.05, 0) is 47.9 Å². The Balaban J connectivity index is 1.84. The second-order valence-corrected chi connectivity index (χ2v) is 7.29. The van der Waals surface area contributed by atoms with E-state index in [-0.39, 0.29) is 11.8 Å². The van der Waals surface area contributed by atoms with Crippen LogP contribution in [0.15, 0.2) is 24.5 Å². The van der Waals surface area contributed by atoms with Crippen molar-refractivity contribution in [1.29, 1.82) is 0 Å². The minimum absolute atomic E-state index is 0.128. The summed E-state index contributed by atoms with van der Waals surface area (Å²) in [5.74, 6) is 1.06. The van der Waals surface area contributed by atoms with Gasteiger partial charge in [0.15, 0.2) is 0 Å². The summed E-state index contributed by atoms with van der Waals surface area (Å²) in [5, 5.41) is 4.17. The average Bonchev–Trinajstić information content (AvgIpc) is 2.84. The lowest BCUT2D eigenvalue weighted by Crippen LogP contribution is -2.23. The normalized spacial score (nSPS) is 24.1. The lowest BCUT2D eigenvalue weighted by Gasteiger charge is -2.26. The Morgan fingerprint density at radius 2 is 2.29 bits per heavy atom. The Kier molecular flexibility index (Phi) is 3.07. The molecular formula is C17H18N2OS. The van der Waals surface area contributed by atoms with Gasteiger partial charge in [-0.2, -0.15) is 0 Å². The zero-order valence-corrected chi connectivity index (χ0v) is 12.9. The van der Waals surface area contributed by atoms with E-state index in [2.05, 4.69) is 23.3 Å². The predicted molar refractivity (Wildman–Crippen MR) is 84.8 cm³/mol. The van der Waals surface area contributed by atoms with Crippen LogP contribution in [0.3, 0.4) is 0 Å². The van der Waals surface area contributed by atoms with Crippen LogP contribution < -0.4 is 5.32 Å². The third-order valence-corrected chi connectivity index (χ3v) is 5.82. The monoisotopic (exact) mass is 298 g/mol. The molecule has 2 aromatic heterocycles. The molecule has 0 saturated carbocycles. The summed E-state index contributed by atoms with van der Waals surface area (Å²) in [5.41, 5.74) is 4.03. The fourth-order valence-corrected chi connectivity index (χ4v) is 5.06. The molecular weight excluding hydrogens is 280 g/mol. The van der Waals surface area contributed by atoms with E-state index < -0.39 is 0 Å². The van der Waals surface area contributed by atoms with Crippen molar-refractivity contribution in [1.82, 2.24) is 4.98 Å². The summed E-state index contributed by atoms with van der Waals surface area (Å²) in [6.07, 6.45) is 7.79. The van der Waals surface area contributed by atoms with Crippen LogP contribution in [0.4, 0.5) is 5.00 Å². The first-order valence-electron chi connectivity index (χ1n) is 7.56. The zero-order valence-electron chi connectivity index (χ0n) is 12.1. The van der Waals surface area contributed by atoms with Crippen molar-refractivity contribution in [3.8, 4) is 0 Å². The van der Waals surface area contributed by atoms with Crippen molar-refractivity contribution in [2.45, 2.75) is 38.5 Å².